The minimum atomic E-state index is -5.90. The molecule has 0 aliphatic heterocycles. The molecule has 0 unspecified atom stereocenters. The molecule has 0 saturated carbocycles. The van der Waals surface area contributed by atoms with E-state index in [0.717, 1.165) is 42.5 Å². The summed E-state index contributed by atoms with van der Waals surface area (Å²) in [4.78, 5) is 0. The lowest BCUT2D eigenvalue weighted by molar-refractivity contribution is -0.0504. The van der Waals surface area contributed by atoms with E-state index in [2.05, 4.69) is 8.37 Å². The molecule has 0 bridgehead atoms. The summed E-state index contributed by atoms with van der Waals surface area (Å²) in [7, 11) is -11.8. The molecule has 2 aromatic carbocycles. The van der Waals surface area contributed by atoms with E-state index >= 15 is 0 Å². The molecule has 2 rings (SSSR count). The largest absolute Gasteiger partial charge is 0.534 e. The van der Waals surface area contributed by atoms with Gasteiger partial charge in [0.25, 0.3) is 0 Å². The highest BCUT2D eigenvalue weighted by atomic mass is 32.2. The van der Waals surface area contributed by atoms with Gasteiger partial charge < -0.3 is 13.1 Å². The van der Waals surface area contributed by atoms with Crippen molar-refractivity contribution >= 4 is 20.2 Å². The highest BCUT2D eigenvalue weighted by molar-refractivity contribution is 7.88. The number of rotatable bonds is 6. The van der Waals surface area contributed by atoms with Gasteiger partial charge in [0.05, 0.1) is 0 Å². The lowest BCUT2D eigenvalue weighted by Crippen LogP contribution is -2.28. The number of ether oxygens (including phenoxy) is 1. The SMILES string of the molecule is O=S(=O)(Oc1ccc(Oc2cccc(OS(=O)(=O)C(F)(F)F)c2)cc1)C(F)(F)F. The quantitative estimate of drug-likeness (QED) is 0.362. The van der Waals surface area contributed by atoms with Gasteiger partial charge in [-0.25, -0.2) is 0 Å². The summed E-state index contributed by atoms with van der Waals surface area (Å²) < 4.78 is 130. The molecular weight excluding hydrogens is 458 g/mol. The van der Waals surface area contributed by atoms with E-state index in [9.17, 15) is 43.2 Å². The van der Waals surface area contributed by atoms with Crippen LogP contribution in [0.1, 0.15) is 0 Å². The van der Waals surface area contributed by atoms with E-state index in [0.29, 0.717) is 0 Å². The monoisotopic (exact) mass is 466 g/mol. The lowest BCUT2D eigenvalue weighted by Gasteiger charge is -2.12. The Labute approximate surface area is 159 Å². The van der Waals surface area contributed by atoms with Gasteiger partial charge in [-0.1, -0.05) is 6.07 Å². The summed E-state index contributed by atoms with van der Waals surface area (Å²) in [6.07, 6.45) is 0. The number of hydrogen-bond donors (Lipinski definition) is 0. The average molecular weight is 466 g/mol. The van der Waals surface area contributed by atoms with E-state index in [1.165, 1.54) is 6.07 Å². The third kappa shape index (κ3) is 5.66. The predicted octanol–water partition coefficient (Wildman–Crippen LogP) is 3.94. The molecule has 0 saturated heterocycles. The maximum Gasteiger partial charge on any atom is 0.534 e. The van der Waals surface area contributed by atoms with Crippen molar-refractivity contribution in [3.8, 4) is 23.0 Å². The van der Waals surface area contributed by atoms with Gasteiger partial charge in [-0.3, -0.25) is 0 Å². The van der Waals surface area contributed by atoms with E-state index in [4.69, 9.17) is 4.74 Å². The Morgan fingerprint density at radius 3 is 1.48 bits per heavy atom. The Morgan fingerprint density at radius 1 is 0.586 bits per heavy atom. The Hall–Kier alpha value is -2.68. The lowest BCUT2D eigenvalue weighted by atomic mass is 10.3. The zero-order valence-corrected chi connectivity index (χ0v) is 15.2. The fraction of sp³-hybridized carbons (Fsp3) is 0.143. The first-order valence-electron chi connectivity index (χ1n) is 7.00. The normalized spacial score (nSPS) is 13.0. The molecular formula is C14H8F6O7S2. The van der Waals surface area contributed by atoms with Crippen LogP contribution in [0.2, 0.25) is 0 Å². The Kier molecular flexibility index (Phi) is 5.94. The molecule has 15 heteroatoms. The van der Waals surface area contributed by atoms with Crippen molar-refractivity contribution in [1.82, 2.24) is 0 Å². The molecule has 0 atom stereocenters. The average Bonchev–Trinajstić information content (AvgIpc) is 2.54. The summed E-state index contributed by atoms with van der Waals surface area (Å²) in [6, 6.07) is 7.70. The maximum absolute atomic E-state index is 12.3. The van der Waals surface area contributed by atoms with Gasteiger partial charge in [-0.2, -0.15) is 43.2 Å². The van der Waals surface area contributed by atoms with Crippen molar-refractivity contribution < 1.29 is 56.3 Å². The van der Waals surface area contributed by atoms with Gasteiger partial charge in [0.15, 0.2) is 0 Å². The van der Waals surface area contributed by atoms with Crippen LogP contribution in [-0.2, 0) is 20.2 Å². The van der Waals surface area contributed by atoms with Crippen molar-refractivity contribution in [2.45, 2.75) is 11.0 Å². The minimum absolute atomic E-state index is 0.0856. The van der Waals surface area contributed by atoms with Crippen LogP contribution in [-0.4, -0.2) is 27.9 Å². The molecule has 7 nitrogen and oxygen atoms in total. The molecule has 0 fully saturated rings. The summed E-state index contributed by atoms with van der Waals surface area (Å²) in [6.45, 7) is 0. The molecule has 0 heterocycles. The second-order valence-corrected chi connectivity index (χ2v) is 8.09. The van der Waals surface area contributed by atoms with E-state index in [1.54, 1.807) is 0 Å². The third-order valence-corrected chi connectivity index (χ3v) is 4.80. The van der Waals surface area contributed by atoms with Crippen LogP contribution in [0.5, 0.6) is 23.0 Å². The first-order valence-corrected chi connectivity index (χ1v) is 9.82. The van der Waals surface area contributed by atoms with Gasteiger partial charge >= 0.3 is 31.3 Å². The zero-order chi connectivity index (χ0) is 22.1. The topological polar surface area (TPSA) is 96.0 Å². The van der Waals surface area contributed by atoms with Crippen LogP contribution in [0.15, 0.2) is 48.5 Å². The molecule has 0 N–H and O–H groups in total. The highest BCUT2D eigenvalue weighted by Gasteiger charge is 2.49. The maximum atomic E-state index is 12.3. The van der Waals surface area contributed by atoms with Gasteiger partial charge in [0, 0.05) is 6.07 Å². The summed E-state index contributed by atoms with van der Waals surface area (Å²) in [5.41, 5.74) is -11.3. The summed E-state index contributed by atoms with van der Waals surface area (Å²) in [5.74, 6) is -1.66. The van der Waals surface area contributed by atoms with Crippen molar-refractivity contribution in [2.75, 3.05) is 0 Å². The fourth-order valence-electron chi connectivity index (χ4n) is 1.64. The van der Waals surface area contributed by atoms with Crippen LogP contribution in [0, 0.1) is 0 Å². The van der Waals surface area contributed by atoms with Crippen LogP contribution >= 0.6 is 0 Å². The Morgan fingerprint density at radius 2 is 1.00 bits per heavy atom. The van der Waals surface area contributed by atoms with E-state index in [1.807, 2.05) is 0 Å². The molecule has 0 aromatic heterocycles. The molecule has 0 aliphatic carbocycles. The minimum Gasteiger partial charge on any atom is -0.457 e. The second-order valence-electron chi connectivity index (χ2n) is 5.01. The number of halogens is 6. The van der Waals surface area contributed by atoms with E-state index in [-0.39, 0.29) is 11.5 Å². The number of benzene rings is 2. The molecule has 2 aromatic rings. The van der Waals surface area contributed by atoms with Crippen molar-refractivity contribution in [3.05, 3.63) is 48.5 Å². The third-order valence-electron chi connectivity index (χ3n) is 2.84. The van der Waals surface area contributed by atoms with Gasteiger partial charge in [-0.05, 0) is 36.4 Å². The molecule has 0 radical (unpaired) electrons. The van der Waals surface area contributed by atoms with Gasteiger partial charge in [0.2, 0.25) is 0 Å². The molecule has 160 valence electrons. The molecule has 29 heavy (non-hydrogen) atoms. The Balaban J connectivity index is 2.13. The molecule has 0 amide bonds. The number of alkyl halides is 6. The van der Waals surface area contributed by atoms with Crippen molar-refractivity contribution in [3.63, 3.8) is 0 Å². The zero-order valence-electron chi connectivity index (χ0n) is 13.6. The van der Waals surface area contributed by atoms with Crippen LogP contribution < -0.4 is 13.1 Å². The van der Waals surface area contributed by atoms with E-state index < -0.39 is 42.8 Å². The van der Waals surface area contributed by atoms with Gasteiger partial charge in [0.1, 0.15) is 23.0 Å². The Bertz CT molecular complexity index is 1070. The van der Waals surface area contributed by atoms with Gasteiger partial charge in [-0.15, -0.1) is 0 Å². The van der Waals surface area contributed by atoms with Crippen LogP contribution in [0.4, 0.5) is 26.3 Å². The van der Waals surface area contributed by atoms with Crippen molar-refractivity contribution in [1.29, 1.82) is 0 Å². The standard InChI is InChI=1S/C14H8F6O7S2/c15-13(16,17)28(21,22)26-10-6-4-9(5-7-10)25-11-2-1-3-12(8-11)27-29(23,24)14(18,19)20/h1-8H. The number of hydrogen-bond acceptors (Lipinski definition) is 7. The predicted molar refractivity (Wildman–Crippen MR) is 84.2 cm³/mol. The molecule has 0 aliphatic rings. The molecule has 0 spiro atoms. The fourth-order valence-corrected chi connectivity index (χ4v) is 2.55. The first kappa shape index (κ1) is 22.6. The summed E-state index contributed by atoms with van der Waals surface area (Å²) in [5, 5.41) is 0. The highest BCUT2D eigenvalue weighted by Crippen LogP contribution is 2.32. The van der Waals surface area contributed by atoms with Crippen LogP contribution in [0.25, 0.3) is 0 Å². The first-order chi connectivity index (χ1) is 13.1. The van der Waals surface area contributed by atoms with Crippen molar-refractivity contribution in [2.24, 2.45) is 0 Å². The van der Waals surface area contributed by atoms with Crippen LogP contribution in [0.3, 0.4) is 0 Å². The smallest absolute Gasteiger partial charge is 0.457 e. The second kappa shape index (κ2) is 7.62. The summed E-state index contributed by atoms with van der Waals surface area (Å²) >= 11 is 0.